The van der Waals surface area contributed by atoms with Crippen LogP contribution in [0.5, 0.6) is 0 Å². The number of hydrogen-bond donors (Lipinski definition) is 1. The summed E-state index contributed by atoms with van der Waals surface area (Å²) in [6, 6.07) is 7.67. The standard InChI is InChI=1S/C12H15ClO2/c13-11-3-1-2-10(8-11)9-12(14)4-6-15-7-5-12/h1-3,8,14H,4-7,9H2. The van der Waals surface area contributed by atoms with Crippen LogP contribution in [0.1, 0.15) is 18.4 Å². The fraction of sp³-hybridized carbons (Fsp3) is 0.500. The minimum Gasteiger partial charge on any atom is -0.389 e. The van der Waals surface area contributed by atoms with E-state index in [9.17, 15) is 5.11 Å². The zero-order chi connectivity index (χ0) is 10.7. The molecule has 82 valence electrons. The number of aliphatic hydroxyl groups is 1. The molecular weight excluding hydrogens is 212 g/mol. The van der Waals surface area contributed by atoms with Crippen LogP contribution in [0.4, 0.5) is 0 Å². The maximum atomic E-state index is 10.3. The van der Waals surface area contributed by atoms with Gasteiger partial charge in [0.05, 0.1) is 5.60 Å². The van der Waals surface area contributed by atoms with Crippen LogP contribution in [0.2, 0.25) is 5.02 Å². The topological polar surface area (TPSA) is 29.5 Å². The summed E-state index contributed by atoms with van der Waals surface area (Å²) in [7, 11) is 0. The van der Waals surface area contributed by atoms with Gasteiger partial charge in [0, 0.05) is 24.7 Å². The SMILES string of the molecule is OC1(Cc2cccc(Cl)c2)CCOCC1. The first-order valence-corrected chi connectivity index (χ1v) is 5.60. The summed E-state index contributed by atoms with van der Waals surface area (Å²) in [6.45, 7) is 1.30. The first kappa shape index (κ1) is 10.9. The second-order valence-corrected chi connectivity index (χ2v) is 4.58. The Balaban J connectivity index is 2.06. The molecule has 1 saturated heterocycles. The van der Waals surface area contributed by atoms with E-state index < -0.39 is 5.60 Å². The molecule has 0 spiro atoms. The van der Waals surface area contributed by atoms with E-state index in [2.05, 4.69) is 0 Å². The number of halogens is 1. The molecule has 0 bridgehead atoms. The van der Waals surface area contributed by atoms with E-state index in [1.165, 1.54) is 0 Å². The summed E-state index contributed by atoms with van der Waals surface area (Å²) >= 11 is 5.90. The molecule has 3 heteroatoms. The molecule has 2 nitrogen and oxygen atoms in total. The van der Waals surface area contributed by atoms with E-state index in [1.54, 1.807) is 0 Å². The molecule has 0 saturated carbocycles. The lowest BCUT2D eigenvalue weighted by molar-refractivity contribution is -0.0625. The maximum absolute atomic E-state index is 10.3. The zero-order valence-electron chi connectivity index (χ0n) is 8.58. The molecule has 1 aromatic rings. The molecule has 0 amide bonds. The molecule has 0 radical (unpaired) electrons. The molecule has 1 fully saturated rings. The van der Waals surface area contributed by atoms with Crippen molar-refractivity contribution in [3.05, 3.63) is 34.9 Å². The van der Waals surface area contributed by atoms with Crippen LogP contribution in [0, 0.1) is 0 Å². The highest BCUT2D eigenvalue weighted by Crippen LogP contribution is 2.25. The van der Waals surface area contributed by atoms with Crippen molar-refractivity contribution in [2.75, 3.05) is 13.2 Å². The molecule has 0 aliphatic carbocycles. The van der Waals surface area contributed by atoms with Gasteiger partial charge in [-0.25, -0.2) is 0 Å². The molecule has 0 unspecified atom stereocenters. The fourth-order valence-corrected chi connectivity index (χ4v) is 2.17. The molecular formula is C12H15ClO2. The van der Waals surface area contributed by atoms with Crippen LogP contribution >= 0.6 is 11.6 Å². The Bertz CT molecular complexity index is 332. The second kappa shape index (κ2) is 4.52. The summed E-state index contributed by atoms with van der Waals surface area (Å²) in [5.74, 6) is 0. The summed E-state index contributed by atoms with van der Waals surface area (Å²) in [4.78, 5) is 0. The van der Waals surface area contributed by atoms with Gasteiger partial charge in [-0.2, -0.15) is 0 Å². The molecule has 15 heavy (non-hydrogen) atoms. The molecule has 0 atom stereocenters. The van der Waals surface area contributed by atoms with Crippen LogP contribution in [0.25, 0.3) is 0 Å². The highest BCUT2D eigenvalue weighted by Gasteiger charge is 2.29. The van der Waals surface area contributed by atoms with Crippen LogP contribution in [-0.4, -0.2) is 23.9 Å². The Morgan fingerprint density at radius 1 is 1.33 bits per heavy atom. The molecule has 2 rings (SSSR count). The Hall–Kier alpha value is -0.570. The molecule has 1 N–H and O–H groups in total. The van der Waals surface area contributed by atoms with Gasteiger partial charge < -0.3 is 9.84 Å². The molecule has 0 aromatic heterocycles. The number of rotatable bonds is 2. The highest BCUT2D eigenvalue weighted by atomic mass is 35.5. The van der Waals surface area contributed by atoms with E-state index in [0.29, 0.717) is 32.5 Å². The summed E-state index contributed by atoms with van der Waals surface area (Å²) in [6.07, 6.45) is 2.08. The van der Waals surface area contributed by atoms with Crippen molar-refractivity contribution in [1.82, 2.24) is 0 Å². The Kier molecular flexibility index (Phi) is 3.29. The lowest BCUT2D eigenvalue weighted by atomic mass is 9.87. The third kappa shape index (κ3) is 2.94. The Morgan fingerprint density at radius 2 is 2.07 bits per heavy atom. The Morgan fingerprint density at radius 3 is 2.73 bits per heavy atom. The maximum Gasteiger partial charge on any atom is 0.0731 e. The highest BCUT2D eigenvalue weighted by molar-refractivity contribution is 6.30. The van der Waals surface area contributed by atoms with Gasteiger partial charge in [0.1, 0.15) is 0 Å². The largest absolute Gasteiger partial charge is 0.389 e. The van der Waals surface area contributed by atoms with Crippen LogP contribution in [0.3, 0.4) is 0 Å². The summed E-state index contributed by atoms with van der Waals surface area (Å²) < 4.78 is 5.24. The van der Waals surface area contributed by atoms with Gasteiger partial charge in [0.25, 0.3) is 0 Å². The first-order chi connectivity index (χ1) is 7.18. The van der Waals surface area contributed by atoms with Crippen molar-refractivity contribution in [2.24, 2.45) is 0 Å². The quantitative estimate of drug-likeness (QED) is 0.840. The first-order valence-electron chi connectivity index (χ1n) is 5.23. The van der Waals surface area contributed by atoms with Gasteiger partial charge in [-0.05, 0) is 30.5 Å². The van der Waals surface area contributed by atoms with Crippen LogP contribution < -0.4 is 0 Å². The van der Waals surface area contributed by atoms with Crippen molar-refractivity contribution >= 4 is 11.6 Å². The lowest BCUT2D eigenvalue weighted by Crippen LogP contribution is -2.38. The van der Waals surface area contributed by atoms with Crippen molar-refractivity contribution in [2.45, 2.75) is 24.9 Å². The van der Waals surface area contributed by atoms with Crippen LogP contribution in [-0.2, 0) is 11.2 Å². The van der Waals surface area contributed by atoms with Crippen LogP contribution in [0.15, 0.2) is 24.3 Å². The normalized spacial score (nSPS) is 20.1. The fourth-order valence-electron chi connectivity index (χ4n) is 1.96. The lowest BCUT2D eigenvalue weighted by Gasteiger charge is -2.32. The third-order valence-electron chi connectivity index (χ3n) is 2.85. The van der Waals surface area contributed by atoms with Gasteiger partial charge >= 0.3 is 0 Å². The molecule has 1 aliphatic heterocycles. The van der Waals surface area contributed by atoms with E-state index in [1.807, 2.05) is 24.3 Å². The minimum absolute atomic E-state index is 0.608. The summed E-state index contributed by atoms with van der Waals surface area (Å²) in [5.41, 5.74) is 0.482. The van der Waals surface area contributed by atoms with Gasteiger partial charge in [-0.1, -0.05) is 23.7 Å². The van der Waals surface area contributed by atoms with E-state index in [0.717, 1.165) is 10.6 Å². The van der Waals surface area contributed by atoms with Crippen molar-refractivity contribution in [1.29, 1.82) is 0 Å². The zero-order valence-corrected chi connectivity index (χ0v) is 9.33. The third-order valence-corrected chi connectivity index (χ3v) is 3.08. The average molecular weight is 227 g/mol. The van der Waals surface area contributed by atoms with Gasteiger partial charge in [-0.3, -0.25) is 0 Å². The van der Waals surface area contributed by atoms with Gasteiger partial charge in [-0.15, -0.1) is 0 Å². The predicted molar refractivity (Wildman–Crippen MR) is 60.2 cm³/mol. The second-order valence-electron chi connectivity index (χ2n) is 4.14. The molecule has 1 aromatic carbocycles. The molecule has 1 aliphatic rings. The number of benzene rings is 1. The monoisotopic (exact) mass is 226 g/mol. The number of ether oxygens (including phenoxy) is 1. The van der Waals surface area contributed by atoms with E-state index in [-0.39, 0.29) is 0 Å². The van der Waals surface area contributed by atoms with E-state index >= 15 is 0 Å². The van der Waals surface area contributed by atoms with Crippen molar-refractivity contribution < 1.29 is 9.84 Å². The minimum atomic E-state index is -0.608. The molecule has 1 heterocycles. The summed E-state index contributed by atoms with van der Waals surface area (Å²) in [5, 5.41) is 11.0. The van der Waals surface area contributed by atoms with Gasteiger partial charge in [0.15, 0.2) is 0 Å². The average Bonchev–Trinajstić information content (AvgIpc) is 2.18. The predicted octanol–water partition coefficient (Wildman–Crippen LogP) is 2.42. The Labute approximate surface area is 94.8 Å². The van der Waals surface area contributed by atoms with Crippen molar-refractivity contribution in [3.63, 3.8) is 0 Å². The van der Waals surface area contributed by atoms with E-state index in [4.69, 9.17) is 16.3 Å². The van der Waals surface area contributed by atoms with Gasteiger partial charge in [0.2, 0.25) is 0 Å². The van der Waals surface area contributed by atoms with Crippen molar-refractivity contribution in [3.8, 4) is 0 Å². The smallest absolute Gasteiger partial charge is 0.0731 e. The number of hydrogen-bond acceptors (Lipinski definition) is 2.